The summed E-state index contributed by atoms with van der Waals surface area (Å²) in [6.07, 6.45) is 58.7. The van der Waals surface area contributed by atoms with E-state index in [1.807, 2.05) is 0 Å². The summed E-state index contributed by atoms with van der Waals surface area (Å²) in [7, 11) is 0. The lowest BCUT2D eigenvalue weighted by Gasteiger charge is -2.05. The zero-order valence-corrected chi connectivity index (χ0v) is 31.1. The van der Waals surface area contributed by atoms with Crippen LogP contribution in [0.2, 0.25) is 0 Å². The quantitative estimate of drug-likeness (QED) is 0.0470. The summed E-state index contributed by atoms with van der Waals surface area (Å²) < 4.78 is 0. The van der Waals surface area contributed by atoms with Crippen molar-refractivity contribution in [2.24, 2.45) is 0 Å². The molecule has 0 N–H and O–H groups in total. The fraction of sp³-hybridized carbons (Fsp3) is 1.00. The highest BCUT2D eigenvalue weighted by Crippen LogP contribution is 2.17. The first-order valence-corrected chi connectivity index (χ1v) is 21.5. The smallest absolute Gasteiger partial charge is 0.0223 e. The standard InChI is InChI=1S/C42H85Cl/c1-2-3-4-5-6-7-8-9-10-11-12-13-14-15-16-17-18-19-20-21-22-23-24-25-26-27-28-29-30-31-32-33-34-35-36-37-38-39-40-41-42-43/h2-42H2,1H3. The summed E-state index contributed by atoms with van der Waals surface area (Å²) >= 11 is 5.73. The minimum atomic E-state index is 0.847. The zero-order chi connectivity index (χ0) is 31.0. The molecule has 0 nitrogen and oxygen atoms in total. The Morgan fingerprint density at radius 3 is 0.419 bits per heavy atom. The molecule has 0 rings (SSSR count). The van der Waals surface area contributed by atoms with Gasteiger partial charge < -0.3 is 0 Å². The van der Waals surface area contributed by atoms with E-state index in [4.69, 9.17) is 11.6 Å². The van der Waals surface area contributed by atoms with Crippen LogP contribution in [-0.2, 0) is 0 Å². The average Bonchev–Trinajstić information content (AvgIpc) is 3.02. The van der Waals surface area contributed by atoms with Crippen LogP contribution in [0.15, 0.2) is 0 Å². The van der Waals surface area contributed by atoms with E-state index in [2.05, 4.69) is 6.92 Å². The van der Waals surface area contributed by atoms with Crippen molar-refractivity contribution in [3.05, 3.63) is 0 Å². The van der Waals surface area contributed by atoms with E-state index in [9.17, 15) is 0 Å². The van der Waals surface area contributed by atoms with Crippen molar-refractivity contribution >= 4 is 11.6 Å². The van der Waals surface area contributed by atoms with Gasteiger partial charge in [0.25, 0.3) is 0 Å². The summed E-state index contributed by atoms with van der Waals surface area (Å²) in [5.41, 5.74) is 0. The summed E-state index contributed by atoms with van der Waals surface area (Å²) in [5, 5.41) is 0. The molecule has 0 aliphatic rings. The molecule has 0 heterocycles. The molecule has 0 bridgehead atoms. The van der Waals surface area contributed by atoms with E-state index in [-0.39, 0.29) is 0 Å². The highest BCUT2D eigenvalue weighted by molar-refractivity contribution is 6.17. The van der Waals surface area contributed by atoms with E-state index >= 15 is 0 Å². The molecular formula is C42H85Cl. The molecule has 0 saturated carbocycles. The summed E-state index contributed by atoms with van der Waals surface area (Å²) in [5.74, 6) is 0.847. The summed E-state index contributed by atoms with van der Waals surface area (Å²) in [4.78, 5) is 0. The van der Waals surface area contributed by atoms with Gasteiger partial charge in [0, 0.05) is 5.88 Å². The van der Waals surface area contributed by atoms with Crippen LogP contribution in [0.25, 0.3) is 0 Å². The van der Waals surface area contributed by atoms with Gasteiger partial charge in [0.05, 0.1) is 0 Å². The third kappa shape index (κ3) is 42.3. The first-order chi connectivity index (χ1) is 21.4. The average molecular weight is 626 g/mol. The van der Waals surface area contributed by atoms with Gasteiger partial charge in [-0.05, 0) is 6.42 Å². The fourth-order valence-electron chi connectivity index (χ4n) is 6.89. The second-order valence-corrected chi connectivity index (χ2v) is 14.9. The Morgan fingerprint density at radius 2 is 0.302 bits per heavy atom. The van der Waals surface area contributed by atoms with E-state index in [1.165, 1.54) is 257 Å². The summed E-state index contributed by atoms with van der Waals surface area (Å²) in [6, 6.07) is 0. The van der Waals surface area contributed by atoms with Gasteiger partial charge in [-0.3, -0.25) is 0 Å². The first kappa shape index (κ1) is 43.3. The lowest BCUT2D eigenvalue weighted by atomic mass is 10.0. The molecule has 0 atom stereocenters. The lowest BCUT2D eigenvalue weighted by molar-refractivity contribution is 0.509. The maximum atomic E-state index is 5.73. The van der Waals surface area contributed by atoms with Crippen molar-refractivity contribution in [3.8, 4) is 0 Å². The summed E-state index contributed by atoms with van der Waals surface area (Å²) in [6.45, 7) is 2.31. The molecule has 0 unspecified atom stereocenters. The third-order valence-corrected chi connectivity index (χ3v) is 10.3. The number of alkyl halides is 1. The molecule has 0 spiro atoms. The SMILES string of the molecule is CCCCCCCCCCCCCCCCCCCCCCCCCCCCCCCCCCCCCCCCCCCl. The van der Waals surface area contributed by atoms with Gasteiger partial charge in [-0.25, -0.2) is 0 Å². The highest BCUT2D eigenvalue weighted by atomic mass is 35.5. The van der Waals surface area contributed by atoms with Crippen molar-refractivity contribution in [3.63, 3.8) is 0 Å². The molecule has 0 fully saturated rings. The van der Waals surface area contributed by atoms with Gasteiger partial charge in [-0.15, -0.1) is 11.6 Å². The molecule has 43 heavy (non-hydrogen) atoms. The Bertz CT molecular complexity index is 406. The van der Waals surface area contributed by atoms with Crippen LogP contribution in [0.1, 0.15) is 264 Å². The molecule has 0 aromatic carbocycles. The molecule has 0 saturated heterocycles. The number of unbranched alkanes of at least 4 members (excludes halogenated alkanes) is 39. The molecule has 0 aromatic heterocycles. The number of hydrogen-bond acceptors (Lipinski definition) is 0. The zero-order valence-electron chi connectivity index (χ0n) is 30.4. The third-order valence-electron chi connectivity index (χ3n) is 9.99. The molecule has 260 valence electrons. The number of hydrogen-bond donors (Lipinski definition) is 0. The van der Waals surface area contributed by atoms with E-state index in [1.54, 1.807) is 0 Å². The molecule has 0 radical (unpaired) electrons. The van der Waals surface area contributed by atoms with Gasteiger partial charge in [0.15, 0.2) is 0 Å². The number of halogens is 1. The Kier molecular flexibility index (Phi) is 42.6. The molecule has 0 aliphatic carbocycles. The van der Waals surface area contributed by atoms with E-state index < -0.39 is 0 Å². The van der Waals surface area contributed by atoms with E-state index in [0.717, 1.165) is 5.88 Å². The molecular weight excluding hydrogens is 540 g/mol. The molecule has 0 aliphatic heterocycles. The fourth-order valence-corrected chi connectivity index (χ4v) is 7.07. The van der Waals surface area contributed by atoms with Crippen molar-refractivity contribution < 1.29 is 0 Å². The van der Waals surface area contributed by atoms with Crippen LogP contribution < -0.4 is 0 Å². The van der Waals surface area contributed by atoms with Crippen LogP contribution in [0.4, 0.5) is 0 Å². The van der Waals surface area contributed by atoms with Crippen LogP contribution in [-0.4, -0.2) is 5.88 Å². The minimum absolute atomic E-state index is 0.847. The number of rotatable bonds is 40. The van der Waals surface area contributed by atoms with Crippen molar-refractivity contribution in [1.82, 2.24) is 0 Å². The lowest BCUT2D eigenvalue weighted by Crippen LogP contribution is -1.85. The maximum absolute atomic E-state index is 5.73. The van der Waals surface area contributed by atoms with Gasteiger partial charge >= 0.3 is 0 Å². The van der Waals surface area contributed by atoms with Crippen LogP contribution in [0.5, 0.6) is 0 Å². The van der Waals surface area contributed by atoms with Crippen LogP contribution in [0.3, 0.4) is 0 Å². The van der Waals surface area contributed by atoms with Crippen molar-refractivity contribution in [2.45, 2.75) is 264 Å². The Hall–Kier alpha value is 0.290. The molecule has 1 heteroatoms. The highest BCUT2D eigenvalue weighted by Gasteiger charge is 1.98. The van der Waals surface area contributed by atoms with Gasteiger partial charge in [0.2, 0.25) is 0 Å². The normalized spacial score (nSPS) is 11.6. The van der Waals surface area contributed by atoms with Crippen molar-refractivity contribution in [2.75, 3.05) is 5.88 Å². The van der Waals surface area contributed by atoms with Gasteiger partial charge in [0.1, 0.15) is 0 Å². The topological polar surface area (TPSA) is 0 Å². The van der Waals surface area contributed by atoms with Crippen molar-refractivity contribution in [1.29, 1.82) is 0 Å². The Labute approximate surface area is 280 Å². The predicted molar refractivity (Wildman–Crippen MR) is 201 cm³/mol. The Balaban J connectivity index is 3.02. The second-order valence-electron chi connectivity index (χ2n) is 14.5. The largest absolute Gasteiger partial charge is 0.127 e. The van der Waals surface area contributed by atoms with E-state index in [0.29, 0.717) is 0 Å². The molecule has 0 aromatic rings. The van der Waals surface area contributed by atoms with Gasteiger partial charge in [-0.2, -0.15) is 0 Å². The monoisotopic (exact) mass is 625 g/mol. The van der Waals surface area contributed by atoms with Crippen LogP contribution in [0, 0.1) is 0 Å². The minimum Gasteiger partial charge on any atom is -0.127 e. The molecule has 0 amide bonds. The maximum Gasteiger partial charge on any atom is 0.0223 e. The Morgan fingerprint density at radius 1 is 0.186 bits per heavy atom. The second kappa shape index (κ2) is 42.3. The first-order valence-electron chi connectivity index (χ1n) is 21.0. The van der Waals surface area contributed by atoms with Gasteiger partial charge in [-0.1, -0.05) is 257 Å². The predicted octanol–water partition coefficient (Wildman–Crippen LogP) is 16.8. The van der Waals surface area contributed by atoms with Crippen LogP contribution >= 0.6 is 11.6 Å².